The first kappa shape index (κ1) is 13.1. The van der Waals surface area contributed by atoms with Gasteiger partial charge in [-0.15, -0.1) is 11.6 Å². The van der Waals surface area contributed by atoms with Crippen LogP contribution in [0.15, 0.2) is 53.0 Å². The van der Waals surface area contributed by atoms with E-state index in [2.05, 4.69) is 15.9 Å². The van der Waals surface area contributed by atoms with E-state index in [0.29, 0.717) is 5.56 Å². The summed E-state index contributed by atoms with van der Waals surface area (Å²) in [5.41, 5.74) is 2.66. The lowest BCUT2D eigenvalue weighted by atomic mass is 10.0. The van der Waals surface area contributed by atoms with Crippen LogP contribution >= 0.6 is 27.5 Å². The number of benzene rings is 2. The SMILES string of the molecule is O=C(O)C(Cl)c1ccc(-c2ccccc2Br)cc1. The second-order valence-corrected chi connectivity index (χ2v) is 5.09. The minimum absolute atomic E-state index is 0.583. The van der Waals surface area contributed by atoms with Crippen molar-refractivity contribution in [3.05, 3.63) is 58.6 Å². The molecule has 2 nitrogen and oxygen atoms in total. The molecule has 0 bridgehead atoms. The summed E-state index contributed by atoms with van der Waals surface area (Å²) in [5, 5.41) is 7.82. The van der Waals surface area contributed by atoms with Gasteiger partial charge in [0.1, 0.15) is 0 Å². The molecule has 18 heavy (non-hydrogen) atoms. The second kappa shape index (κ2) is 5.55. The summed E-state index contributed by atoms with van der Waals surface area (Å²) in [5.74, 6) is -1.04. The quantitative estimate of drug-likeness (QED) is 0.845. The van der Waals surface area contributed by atoms with E-state index >= 15 is 0 Å². The van der Waals surface area contributed by atoms with Crippen molar-refractivity contribution in [3.63, 3.8) is 0 Å². The summed E-state index contributed by atoms with van der Waals surface area (Å²) in [6.45, 7) is 0. The van der Waals surface area contributed by atoms with Crippen LogP contribution in [-0.4, -0.2) is 11.1 Å². The van der Waals surface area contributed by atoms with Gasteiger partial charge in [-0.1, -0.05) is 58.4 Å². The first-order chi connectivity index (χ1) is 8.59. The fourth-order valence-electron chi connectivity index (χ4n) is 1.67. The van der Waals surface area contributed by atoms with Crippen molar-refractivity contribution in [1.82, 2.24) is 0 Å². The third kappa shape index (κ3) is 2.74. The van der Waals surface area contributed by atoms with E-state index < -0.39 is 11.3 Å². The normalized spacial score (nSPS) is 12.1. The summed E-state index contributed by atoms with van der Waals surface area (Å²) in [6.07, 6.45) is 0. The van der Waals surface area contributed by atoms with Gasteiger partial charge >= 0.3 is 5.97 Å². The number of rotatable bonds is 3. The largest absolute Gasteiger partial charge is 0.480 e. The van der Waals surface area contributed by atoms with E-state index in [1.807, 2.05) is 36.4 Å². The van der Waals surface area contributed by atoms with Crippen LogP contribution < -0.4 is 0 Å². The zero-order chi connectivity index (χ0) is 13.1. The highest BCUT2D eigenvalue weighted by atomic mass is 79.9. The Morgan fingerprint density at radius 3 is 2.28 bits per heavy atom. The fraction of sp³-hybridized carbons (Fsp3) is 0.0714. The van der Waals surface area contributed by atoms with E-state index in [1.54, 1.807) is 12.1 Å². The van der Waals surface area contributed by atoms with Crippen LogP contribution in [0.3, 0.4) is 0 Å². The Kier molecular flexibility index (Phi) is 4.04. The minimum Gasteiger partial charge on any atom is -0.480 e. The molecular weight excluding hydrogens is 316 g/mol. The molecule has 0 aliphatic heterocycles. The van der Waals surface area contributed by atoms with Gasteiger partial charge in [0.05, 0.1) is 0 Å². The molecule has 0 aliphatic carbocycles. The molecule has 0 aromatic heterocycles. The molecule has 0 fully saturated rings. The predicted molar refractivity (Wildman–Crippen MR) is 75.8 cm³/mol. The van der Waals surface area contributed by atoms with Crippen LogP contribution in [0.5, 0.6) is 0 Å². The number of halogens is 2. The molecule has 4 heteroatoms. The number of hydrogen-bond donors (Lipinski definition) is 1. The van der Waals surface area contributed by atoms with Crippen molar-refractivity contribution in [2.75, 3.05) is 0 Å². The molecular formula is C14H10BrClO2. The summed E-state index contributed by atoms with van der Waals surface area (Å²) in [6, 6.07) is 15.1. The Morgan fingerprint density at radius 1 is 1.11 bits per heavy atom. The second-order valence-electron chi connectivity index (χ2n) is 3.80. The van der Waals surface area contributed by atoms with Gasteiger partial charge < -0.3 is 5.11 Å². The highest BCUT2D eigenvalue weighted by molar-refractivity contribution is 9.10. The lowest BCUT2D eigenvalue weighted by Gasteiger charge is -2.07. The Bertz CT molecular complexity index is 566. The van der Waals surface area contributed by atoms with E-state index in [4.69, 9.17) is 16.7 Å². The maximum absolute atomic E-state index is 10.8. The molecule has 1 unspecified atom stereocenters. The fourth-order valence-corrected chi connectivity index (χ4v) is 2.33. The first-order valence-electron chi connectivity index (χ1n) is 5.31. The summed E-state index contributed by atoms with van der Waals surface area (Å²) >= 11 is 9.25. The predicted octanol–water partition coefficient (Wildman–Crippen LogP) is 4.48. The number of aliphatic carboxylic acids is 1. The Morgan fingerprint density at radius 2 is 1.72 bits per heavy atom. The number of alkyl halides is 1. The van der Waals surface area contributed by atoms with Crippen LogP contribution in [0, 0.1) is 0 Å². The highest BCUT2D eigenvalue weighted by Crippen LogP contribution is 2.29. The topological polar surface area (TPSA) is 37.3 Å². The Hall–Kier alpha value is -1.32. The van der Waals surface area contributed by atoms with Gasteiger partial charge in [0.25, 0.3) is 0 Å². The molecule has 92 valence electrons. The van der Waals surface area contributed by atoms with E-state index in [0.717, 1.165) is 15.6 Å². The Labute approximate surface area is 118 Å². The van der Waals surface area contributed by atoms with Crippen LogP contribution in [0.1, 0.15) is 10.9 Å². The van der Waals surface area contributed by atoms with Crippen LogP contribution in [0.2, 0.25) is 0 Å². The van der Waals surface area contributed by atoms with Crippen LogP contribution in [0.25, 0.3) is 11.1 Å². The maximum atomic E-state index is 10.8. The Balaban J connectivity index is 2.34. The van der Waals surface area contributed by atoms with Crippen molar-refractivity contribution >= 4 is 33.5 Å². The van der Waals surface area contributed by atoms with Gasteiger partial charge in [-0.2, -0.15) is 0 Å². The number of carboxylic acid groups (broad SMARTS) is 1. The van der Waals surface area contributed by atoms with E-state index in [1.165, 1.54) is 0 Å². The zero-order valence-corrected chi connectivity index (χ0v) is 11.6. The highest BCUT2D eigenvalue weighted by Gasteiger charge is 2.15. The third-order valence-electron chi connectivity index (χ3n) is 2.61. The van der Waals surface area contributed by atoms with Gasteiger partial charge in [-0.3, -0.25) is 4.79 Å². The van der Waals surface area contributed by atoms with Crippen molar-refractivity contribution in [2.24, 2.45) is 0 Å². The van der Waals surface area contributed by atoms with Gasteiger partial charge in [-0.05, 0) is 22.8 Å². The average molecular weight is 326 g/mol. The van der Waals surface area contributed by atoms with Crippen molar-refractivity contribution in [3.8, 4) is 11.1 Å². The van der Waals surface area contributed by atoms with Crippen molar-refractivity contribution < 1.29 is 9.90 Å². The van der Waals surface area contributed by atoms with Crippen molar-refractivity contribution in [1.29, 1.82) is 0 Å². The number of carbonyl (C=O) groups is 1. The third-order valence-corrected chi connectivity index (χ3v) is 3.74. The molecule has 2 aromatic rings. The van der Waals surface area contributed by atoms with Crippen LogP contribution in [0.4, 0.5) is 0 Å². The summed E-state index contributed by atoms with van der Waals surface area (Å²) in [4.78, 5) is 10.8. The smallest absolute Gasteiger partial charge is 0.326 e. The molecule has 2 rings (SSSR count). The van der Waals surface area contributed by atoms with E-state index in [9.17, 15) is 4.79 Å². The lowest BCUT2D eigenvalue weighted by molar-refractivity contribution is -0.136. The molecule has 0 spiro atoms. The monoisotopic (exact) mass is 324 g/mol. The average Bonchev–Trinajstić information content (AvgIpc) is 2.38. The summed E-state index contributed by atoms with van der Waals surface area (Å²) in [7, 11) is 0. The standard InChI is InChI=1S/C14H10BrClO2/c15-12-4-2-1-3-11(12)9-5-7-10(8-6-9)13(16)14(17)18/h1-8,13H,(H,17,18). The molecule has 0 saturated heterocycles. The number of carboxylic acids is 1. The number of hydrogen-bond acceptors (Lipinski definition) is 1. The molecule has 0 saturated carbocycles. The maximum Gasteiger partial charge on any atom is 0.326 e. The minimum atomic E-state index is -1.04. The molecule has 1 atom stereocenters. The van der Waals surface area contributed by atoms with Gasteiger partial charge in [0.2, 0.25) is 0 Å². The van der Waals surface area contributed by atoms with Gasteiger partial charge in [0, 0.05) is 4.47 Å². The van der Waals surface area contributed by atoms with Gasteiger partial charge in [-0.25, -0.2) is 0 Å². The van der Waals surface area contributed by atoms with Crippen molar-refractivity contribution in [2.45, 2.75) is 5.38 Å². The lowest BCUT2D eigenvalue weighted by Crippen LogP contribution is -2.04. The first-order valence-corrected chi connectivity index (χ1v) is 6.54. The summed E-state index contributed by atoms with van der Waals surface area (Å²) < 4.78 is 0.999. The molecule has 0 radical (unpaired) electrons. The molecule has 0 aliphatic rings. The molecule has 0 heterocycles. The van der Waals surface area contributed by atoms with Crippen LogP contribution in [-0.2, 0) is 4.79 Å². The van der Waals surface area contributed by atoms with Gasteiger partial charge in [0.15, 0.2) is 5.38 Å². The molecule has 0 amide bonds. The molecule has 2 aromatic carbocycles. The zero-order valence-electron chi connectivity index (χ0n) is 9.31. The van der Waals surface area contributed by atoms with E-state index in [-0.39, 0.29) is 0 Å². The molecule has 1 N–H and O–H groups in total.